The van der Waals surface area contributed by atoms with Crippen molar-refractivity contribution in [2.75, 3.05) is 4.90 Å². The molecule has 1 aliphatic rings. The fraction of sp³-hybridized carbons (Fsp3) is 0.0182. The van der Waals surface area contributed by atoms with Gasteiger partial charge < -0.3 is 19.5 Å². The third kappa shape index (κ3) is 6.57. The predicted molar refractivity (Wildman–Crippen MR) is 252 cm³/mol. The maximum absolute atomic E-state index is 9.00. The molecule has 1 aromatic heterocycles. The van der Waals surface area contributed by atoms with Gasteiger partial charge in [0.2, 0.25) is 0 Å². The molecule has 0 radical (unpaired) electrons. The van der Waals surface area contributed by atoms with E-state index >= 15 is 0 Å². The maximum Gasteiger partial charge on any atom is 0.152 e. The lowest BCUT2D eigenvalue weighted by Crippen LogP contribution is -2.27. The number of ether oxygens (including phenoxy) is 1. The zero-order valence-electron chi connectivity index (χ0n) is 33.1. The standard InChI is InChI=1S/C55H39N5O/c56-54(39-18-6-2-7-19-39)58-55(57-36-37-15-4-1-5-16-37)42-20-14-23-44(33-42)60-47-30-28-40(34-46(47)53-45-24-11-10-17-38(45)27-32-50(53)60)41-29-31-49-52(35-41)61-51-26-13-12-25-48(51)59(49)43-21-8-3-9-22-43/h1-36,55H,(H2,56,58)/b57-36+. The first-order chi connectivity index (χ1) is 30.2. The highest BCUT2D eigenvalue weighted by atomic mass is 16.5. The first-order valence-corrected chi connectivity index (χ1v) is 20.5. The fourth-order valence-corrected chi connectivity index (χ4v) is 8.61. The largest absolute Gasteiger partial charge is 0.453 e. The summed E-state index contributed by atoms with van der Waals surface area (Å²) >= 11 is 0. The number of nitrogens with one attached hydrogen (secondary N) is 2. The average molecular weight is 786 g/mol. The second-order valence-electron chi connectivity index (χ2n) is 15.2. The zero-order valence-corrected chi connectivity index (χ0v) is 33.1. The molecule has 61 heavy (non-hydrogen) atoms. The molecule has 290 valence electrons. The van der Waals surface area contributed by atoms with E-state index in [-0.39, 0.29) is 0 Å². The molecule has 6 heteroatoms. The molecule has 0 spiro atoms. The van der Waals surface area contributed by atoms with E-state index in [9.17, 15) is 0 Å². The monoisotopic (exact) mass is 785 g/mol. The van der Waals surface area contributed by atoms with Crippen molar-refractivity contribution in [1.82, 2.24) is 9.88 Å². The summed E-state index contributed by atoms with van der Waals surface area (Å²) in [6.45, 7) is 0. The van der Waals surface area contributed by atoms with E-state index in [4.69, 9.17) is 15.1 Å². The normalized spacial score (nSPS) is 12.6. The van der Waals surface area contributed by atoms with Crippen molar-refractivity contribution in [3.05, 3.63) is 229 Å². The predicted octanol–water partition coefficient (Wildman–Crippen LogP) is 13.9. The fourth-order valence-electron chi connectivity index (χ4n) is 8.61. The van der Waals surface area contributed by atoms with Crippen molar-refractivity contribution >= 4 is 61.7 Å². The van der Waals surface area contributed by atoms with Crippen LogP contribution in [0, 0.1) is 5.41 Å². The van der Waals surface area contributed by atoms with E-state index in [2.05, 4.69) is 148 Å². The van der Waals surface area contributed by atoms with Crippen LogP contribution in [-0.4, -0.2) is 16.6 Å². The van der Waals surface area contributed by atoms with Gasteiger partial charge in [-0.15, -0.1) is 0 Å². The van der Waals surface area contributed by atoms with Gasteiger partial charge in [0.25, 0.3) is 0 Å². The molecule has 0 saturated carbocycles. The molecule has 1 unspecified atom stereocenters. The molecule has 0 fully saturated rings. The summed E-state index contributed by atoms with van der Waals surface area (Å²) in [4.78, 5) is 7.30. The SMILES string of the molecule is N=C(NC(/N=C/c1ccccc1)c1cccc(-n2c3ccc(-c4ccc5c(c4)Oc4ccccc4N5c4ccccc4)cc3c3c4ccccc4ccc32)c1)c1ccccc1. The van der Waals surface area contributed by atoms with Crippen LogP contribution in [0.1, 0.15) is 22.9 Å². The van der Waals surface area contributed by atoms with E-state index in [1.165, 1.54) is 16.2 Å². The van der Waals surface area contributed by atoms with E-state index in [0.717, 1.165) is 78.5 Å². The molecule has 6 nitrogen and oxygen atoms in total. The zero-order chi connectivity index (χ0) is 40.7. The molecule has 0 aliphatic carbocycles. The minimum absolute atomic E-state index is 0.307. The number of anilines is 3. The van der Waals surface area contributed by atoms with Gasteiger partial charge in [-0.2, -0.15) is 0 Å². The number of para-hydroxylation sites is 3. The number of aliphatic imine (C=N–C) groups is 1. The molecule has 10 aromatic rings. The van der Waals surface area contributed by atoms with Crippen molar-refractivity contribution < 1.29 is 4.74 Å². The van der Waals surface area contributed by atoms with Crippen molar-refractivity contribution in [3.63, 3.8) is 0 Å². The van der Waals surface area contributed by atoms with Gasteiger partial charge in [-0.1, -0.05) is 146 Å². The number of hydrogen-bond donors (Lipinski definition) is 2. The van der Waals surface area contributed by atoms with Gasteiger partial charge >= 0.3 is 0 Å². The van der Waals surface area contributed by atoms with Crippen molar-refractivity contribution in [2.45, 2.75) is 6.17 Å². The van der Waals surface area contributed by atoms with Crippen LogP contribution in [0.25, 0.3) is 49.4 Å². The van der Waals surface area contributed by atoms with Crippen LogP contribution in [0.3, 0.4) is 0 Å². The summed E-state index contributed by atoms with van der Waals surface area (Å²) < 4.78 is 8.97. The van der Waals surface area contributed by atoms with E-state index < -0.39 is 6.17 Å². The van der Waals surface area contributed by atoms with E-state index in [1.807, 2.05) is 85.1 Å². The van der Waals surface area contributed by atoms with Crippen LogP contribution < -0.4 is 15.0 Å². The number of hydrogen-bond acceptors (Lipinski definition) is 4. The van der Waals surface area contributed by atoms with Crippen molar-refractivity contribution in [2.24, 2.45) is 4.99 Å². The Morgan fingerprint density at radius 2 is 1.21 bits per heavy atom. The smallest absolute Gasteiger partial charge is 0.152 e. The summed E-state index contributed by atoms with van der Waals surface area (Å²) in [6.07, 6.45) is 1.37. The maximum atomic E-state index is 9.00. The average Bonchev–Trinajstić information content (AvgIpc) is 3.67. The Labute approximate surface area is 353 Å². The lowest BCUT2D eigenvalue weighted by molar-refractivity contribution is 0.477. The lowest BCUT2D eigenvalue weighted by atomic mass is 9.99. The Kier molecular flexibility index (Phi) is 8.94. The number of benzene rings is 9. The molecule has 0 saturated heterocycles. The molecule has 1 aliphatic heterocycles. The number of amidine groups is 1. The van der Waals surface area contributed by atoms with Crippen LogP contribution >= 0.6 is 0 Å². The van der Waals surface area contributed by atoms with Gasteiger partial charge in [-0.25, -0.2) is 0 Å². The number of fused-ring (bicyclic) bond motifs is 7. The van der Waals surface area contributed by atoms with Crippen molar-refractivity contribution in [3.8, 4) is 28.3 Å². The molecular weight excluding hydrogens is 747 g/mol. The third-order valence-corrected chi connectivity index (χ3v) is 11.5. The molecule has 2 N–H and O–H groups in total. The first-order valence-electron chi connectivity index (χ1n) is 20.5. The highest BCUT2D eigenvalue weighted by Crippen LogP contribution is 2.51. The first kappa shape index (κ1) is 35.9. The Morgan fingerprint density at radius 1 is 0.541 bits per heavy atom. The summed E-state index contributed by atoms with van der Waals surface area (Å²) in [5.41, 5.74) is 11.2. The lowest BCUT2D eigenvalue weighted by Gasteiger charge is -2.33. The molecule has 2 heterocycles. The Bertz CT molecular complexity index is 3280. The van der Waals surface area contributed by atoms with Crippen LogP contribution in [0.4, 0.5) is 17.1 Å². The van der Waals surface area contributed by atoms with Crippen LogP contribution in [0.5, 0.6) is 11.5 Å². The summed E-state index contributed by atoms with van der Waals surface area (Å²) in [6, 6.07) is 73.4. The number of aromatic nitrogens is 1. The molecule has 1 atom stereocenters. The molecule has 9 aromatic carbocycles. The Balaban J connectivity index is 1.04. The molecule has 11 rings (SSSR count). The van der Waals surface area contributed by atoms with Gasteiger partial charge in [-0.05, 0) is 99.8 Å². The van der Waals surface area contributed by atoms with Gasteiger partial charge in [0.05, 0.1) is 22.4 Å². The van der Waals surface area contributed by atoms with Crippen LogP contribution in [0.15, 0.2) is 217 Å². The van der Waals surface area contributed by atoms with Gasteiger partial charge in [-0.3, -0.25) is 10.4 Å². The third-order valence-electron chi connectivity index (χ3n) is 11.5. The highest BCUT2D eigenvalue weighted by Gasteiger charge is 2.26. The van der Waals surface area contributed by atoms with E-state index in [1.54, 1.807) is 0 Å². The van der Waals surface area contributed by atoms with Crippen molar-refractivity contribution in [1.29, 1.82) is 5.41 Å². The number of rotatable bonds is 8. The second-order valence-corrected chi connectivity index (χ2v) is 15.2. The Hall–Kier alpha value is -8.22. The van der Waals surface area contributed by atoms with Crippen LogP contribution in [0.2, 0.25) is 0 Å². The summed E-state index contributed by atoms with van der Waals surface area (Å²) in [5.74, 6) is 1.94. The minimum Gasteiger partial charge on any atom is -0.453 e. The summed E-state index contributed by atoms with van der Waals surface area (Å²) in [5, 5.41) is 17.2. The van der Waals surface area contributed by atoms with E-state index in [0.29, 0.717) is 5.84 Å². The van der Waals surface area contributed by atoms with Gasteiger partial charge in [0.1, 0.15) is 12.0 Å². The minimum atomic E-state index is -0.510. The van der Waals surface area contributed by atoms with Gasteiger partial charge in [0, 0.05) is 33.9 Å². The summed E-state index contributed by atoms with van der Waals surface area (Å²) in [7, 11) is 0. The topological polar surface area (TPSA) is 65.6 Å². The molecule has 0 bridgehead atoms. The molecular formula is C55H39N5O. The van der Waals surface area contributed by atoms with Crippen LogP contribution in [-0.2, 0) is 0 Å². The quantitative estimate of drug-likeness (QED) is 0.119. The Morgan fingerprint density at radius 3 is 2.07 bits per heavy atom. The molecule has 0 amide bonds. The number of nitrogens with zero attached hydrogens (tertiary/aromatic N) is 3. The highest BCUT2D eigenvalue weighted by molar-refractivity contribution is 6.22. The van der Waals surface area contributed by atoms with Gasteiger partial charge in [0.15, 0.2) is 11.5 Å². The second kappa shape index (κ2) is 15.2.